The Labute approximate surface area is 137 Å². The molecule has 1 rings (SSSR count). The van der Waals surface area contributed by atoms with Gasteiger partial charge in [0.15, 0.2) is 0 Å². The lowest BCUT2D eigenvalue weighted by Gasteiger charge is -2.18. The Hall–Kier alpha value is -0.280. The minimum atomic E-state index is 0. The maximum absolute atomic E-state index is 3.56. The van der Waals surface area contributed by atoms with Gasteiger partial charge in [-0.15, -0.1) is 24.8 Å². The summed E-state index contributed by atoms with van der Waals surface area (Å²) in [4.78, 5) is 2.47. The summed E-state index contributed by atoms with van der Waals surface area (Å²) < 4.78 is 0. The van der Waals surface area contributed by atoms with Crippen molar-refractivity contribution >= 4 is 24.8 Å². The van der Waals surface area contributed by atoms with Crippen LogP contribution >= 0.6 is 24.8 Å². The Morgan fingerprint density at radius 3 is 2.20 bits per heavy atom. The van der Waals surface area contributed by atoms with Crippen molar-refractivity contribution in [3.05, 3.63) is 35.9 Å². The third-order valence-electron chi connectivity index (χ3n) is 3.54. The van der Waals surface area contributed by atoms with E-state index in [1.807, 2.05) is 0 Å². The van der Waals surface area contributed by atoms with Gasteiger partial charge in [-0.25, -0.2) is 0 Å². The van der Waals surface area contributed by atoms with Crippen LogP contribution in [0.5, 0.6) is 0 Å². The van der Waals surface area contributed by atoms with Crippen LogP contribution in [0.3, 0.4) is 0 Å². The smallest absolute Gasteiger partial charge is 0.00174 e. The van der Waals surface area contributed by atoms with E-state index >= 15 is 0 Å². The van der Waals surface area contributed by atoms with Crippen molar-refractivity contribution in [2.75, 3.05) is 32.7 Å². The highest BCUT2D eigenvalue weighted by molar-refractivity contribution is 5.85. The van der Waals surface area contributed by atoms with Crippen molar-refractivity contribution in [3.8, 4) is 0 Å². The molecule has 1 N–H and O–H groups in total. The first kappa shape index (κ1) is 22.0. The fourth-order valence-corrected chi connectivity index (χ4v) is 2.19. The highest BCUT2D eigenvalue weighted by Crippen LogP contribution is 2.12. The summed E-state index contributed by atoms with van der Waals surface area (Å²) in [6, 6.07) is 10.7. The van der Waals surface area contributed by atoms with Crippen molar-refractivity contribution in [2.45, 2.75) is 33.1 Å². The van der Waals surface area contributed by atoms with E-state index in [0.717, 1.165) is 26.2 Å². The molecule has 0 aliphatic heterocycles. The van der Waals surface area contributed by atoms with E-state index in [1.165, 1.54) is 18.5 Å². The fraction of sp³-hybridized carbons (Fsp3) is 0.625. The van der Waals surface area contributed by atoms with Gasteiger partial charge in [-0.2, -0.15) is 0 Å². The van der Waals surface area contributed by atoms with Gasteiger partial charge in [0.25, 0.3) is 0 Å². The summed E-state index contributed by atoms with van der Waals surface area (Å²) in [6.45, 7) is 12.5. The first-order valence-electron chi connectivity index (χ1n) is 7.25. The molecule has 0 spiro atoms. The van der Waals surface area contributed by atoms with Crippen LogP contribution in [0, 0.1) is 0 Å². The van der Waals surface area contributed by atoms with Gasteiger partial charge >= 0.3 is 0 Å². The normalized spacial score (nSPS) is 11.6. The van der Waals surface area contributed by atoms with E-state index in [1.54, 1.807) is 0 Å². The Bertz CT molecular complexity index is 303. The summed E-state index contributed by atoms with van der Waals surface area (Å²) in [6.07, 6.45) is 1.24. The molecule has 0 saturated heterocycles. The molecule has 0 saturated carbocycles. The number of hydrogen-bond donors (Lipinski definition) is 1. The number of halogens is 2. The summed E-state index contributed by atoms with van der Waals surface area (Å²) >= 11 is 0. The molecular formula is C16H30Cl2N2. The Morgan fingerprint density at radius 1 is 1.05 bits per heavy atom. The molecule has 1 unspecified atom stereocenters. The predicted molar refractivity (Wildman–Crippen MR) is 94.6 cm³/mol. The van der Waals surface area contributed by atoms with Crippen LogP contribution in [0.25, 0.3) is 0 Å². The lowest BCUT2D eigenvalue weighted by Crippen LogP contribution is -2.28. The van der Waals surface area contributed by atoms with Crippen LogP contribution in [0.2, 0.25) is 0 Å². The van der Waals surface area contributed by atoms with Crippen LogP contribution in [-0.2, 0) is 0 Å². The average molecular weight is 321 g/mol. The molecule has 0 radical (unpaired) electrons. The van der Waals surface area contributed by atoms with Gasteiger partial charge in [0, 0.05) is 6.54 Å². The summed E-state index contributed by atoms with van der Waals surface area (Å²) in [5, 5.41) is 3.56. The van der Waals surface area contributed by atoms with E-state index in [-0.39, 0.29) is 24.8 Å². The first-order valence-corrected chi connectivity index (χ1v) is 7.25. The van der Waals surface area contributed by atoms with Crippen LogP contribution in [-0.4, -0.2) is 37.6 Å². The molecule has 0 fully saturated rings. The first-order chi connectivity index (χ1) is 8.77. The zero-order valence-electron chi connectivity index (χ0n) is 13.0. The third-order valence-corrected chi connectivity index (χ3v) is 3.54. The third kappa shape index (κ3) is 8.80. The molecule has 2 nitrogen and oxygen atoms in total. The summed E-state index contributed by atoms with van der Waals surface area (Å²) in [5.41, 5.74) is 1.42. The van der Waals surface area contributed by atoms with E-state index in [9.17, 15) is 0 Å². The molecule has 0 aliphatic carbocycles. The second kappa shape index (κ2) is 13.7. The zero-order chi connectivity index (χ0) is 13.2. The second-order valence-electron chi connectivity index (χ2n) is 4.90. The van der Waals surface area contributed by atoms with Crippen molar-refractivity contribution in [1.82, 2.24) is 10.2 Å². The van der Waals surface area contributed by atoms with Gasteiger partial charge in [0.2, 0.25) is 0 Å². The minimum Gasteiger partial charge on any atom is -0.316 e. The molecule has 0 aliphatic rings. The fourth-order valence-electron chi connectivity index (χ4n) is 2.19. The second-order valence-corrected chi connectivity index (χ2v) is 4.90. The molecule has 20 heavy (non-hydrogen) atoms. The standard InChI is InChI=1S/C16H28N2.2ClH/c1-4-18(5-2)13-9-12-17-14-15(3)16-10-7-6-8-11-16;;/h6-8,10-11,15,17H,4-5,9,12-14H2,1-3H3;2*1H. The topological polar surface area (TPSA) is 15.3 Å². The maximum Gasteiger partial charge on any atom is 0.00174 e. The zero-order valence-corrected chi connectivity index (χ0v) is 14.6. The van der Waals surface area contributed by atoms with Crippen molar-refractivity contribution in [3.63, 3.8) is 0 Å². The summed E-state index contributed by atoms with van der Waals surface area (Å²) in [7, 11) is 0. The number of nitrogens with one attached hydrogen (secondary N) is 1. The quantitative estimate of drug-likeness (QED) is 0.693. The number of hydrogen-bond acceptors (Lipinski definition) is 2. The Balaban J connectivity index is 0. The largest absolute Gasteiger partial charge is 0.316 e. The van der Waals surface area contributed by atoms with Crippen LogP contribution in [0.1, 0.15) is 38.7 Å². The molecule has 1 aromatic carbocycles. The van der Waals surface area contributed by atoms with Crippen LogP contribution < -0.4 is 5.32 Å². The molecule has 0 bridgehead atoms. The van der Waals surface area contributed by atoms with Crippen molar-refractivity contribution < 1.29 is 0 Å². The minimum absolute atomic E-state index is 0. The molecule has 0 aromatic heterocycles. The predicted octanol–water partition coefficient (Wildman–Crippen LogP) is 3.96. The molecular weight excluding hydrogens is 291 g/mol. The lowest BCUT2D eigenvalue weighted by atomic mass is 10.0. The van der Waals surface area contributed by atoms with Gasteiger partial charge in [-0.05, 0) is 44.1 Å². The number of benzene rings is 1. The summed E-state index contributed by atoms with van der Waals surface area (Å²) in [5.74, 6) is 0.597. The van der Waals surface area contributed by atoms with E-state index in [2.05, 4.69) is 61.3 Å². The Kier molecular flexibility index (Phi) is 15.1. The van der Waals surface area contributed by atoms with Crippen molar-refractivity contribution in [2.24, 2.45) is 0 Å². The van der Waals surface area contributed by atoms with Crippen LogP contribution in [0.4, 0.5) is 0 Å². The molecule has 1 aromatic rings. The van der Waals surface area contributed by atoms with Gasteiger partial charge < -0.3 is 10.2 Å². The highest BCUT2D eigenvalue weighted by Gasteiger charge is 2.04. The van der Waals surface area contributed by atoms with Crippen LogP contribution in [0.15, 0.2) is 30.3 Å². The SMILES string of the molecule is CCN(CC)CCCNCC(C)c1ccccc1.Cl.Cl. The van der Waals surface area contributed by atoms with Gasteiger partial charge in [0.1, 0.15) is 0 Å². The molecule has 0 heterocycles. The number of rotatable bonds is 9. The van der Waals surface area contributed by atoms with E-state index in [0.29, 0.717) is 5.92 Å². The molecule has 4 heteroatoms. The monoisotopic (exact) mass is 320 g/mol. The van der Waals surface area contributed by atoms with Gasteiger partial charge in [-0.3, -0.25) is 0 Å². The van der Waals surface area contributed by atoms with Gasteiger partial charge in [0.05, 0.1) is 0 Å². The molecule has 1 atom stereocenters. The highest BCUT2D eigenvalue weighted by atomic mass is 35.5. The number of nitrogens with zero attached hydrogens (tertiary/aromatic N) is 1. The van der Waals surface area contributed by atoms with E-state index in [4.69, 9.17) is 0 Å². The van der Waals surface area contributed by atoms with Crippen molar-refractivity contribution in [1.29, 1.82) is 0 Å². The van der Waals surface area contributed by atoms with E-state index < -0.39 is 0 Å². The maximum atomic E-state index is 3.56. The molecule has 118 valence electrons. The Morgan fingerprint density at radius 2 is 1.65 bits per heavy atom. The average Bonchev–Trinajstić information content (AvgIpc) is 2.43. The van der Waals surface area contributed by atoms with Gasteiger partial charge in [-0.1, -0.05) is 51.1 Å². The lowest BCUT2D eigenvalue weighted by molar-refractivity contribution is 0.298. The molecule has 0 amide bonds.